The quantitative estimate of drug-likeness (QED) is 0.780. The minimum Gasteiger partial charge on any atom is -0.363 e. The van der Waals surface area contributed by atoms with Crippen molar-refractivity contribution in [3.05, 3.63) is 12.4 Å². The molecule has 0 amide bonds. The Bertz CT molecular complexity index is 352. The smallest absolute Gasteiger partial charge is 0.134 e. The number of nitrogens with zero attached hydrogens (tertiary/aromatic N) is 4. The number of nitrogens with one attached hydrogen (secondary N) is 1. The first-order valence-electron chi connectivity index (χ1n) is 5.64. The standard InChI is InChI=1S/C11H19N5/c1-9-7-16(5-4-12-9)11-6-10(15(2)3)13-8-14-11/h6,8-9,12H,4-5,7H2,1-3H3/t9-/m1/s1. The zero-order valence-electron chi connectivity index (χ0n) is 10.1. The van der Waals surface area contributed by atoms with Gasteiger partial charge in [-0.05, 0) is 6.92 Å². The summed E-state index contributed by atoms with van der Waals surface area (Å²) in [5, 5.41) is 3.42. The second kappa shape index (κ2) is 4.65. The molecule has 0 unspecified atom stereocenters. The van der Waals surface area contributed by atoms with Gasteiger partial charge in [-0.25, -0.2) is 9.97 Å². The van der Waals surface area contributed by atoms with E-state index < -0.39 is 0 Å². The summed E-state index contributed by atoms with van der Waals surface area (Å²) in [5.74, 6) is 1.98. The molecule has 1 atom stereocenters. The maximum Gasteiger partial charge on any atom is 0.134 e. The average molecular weight is 221 g/mol. The van der Waals surface area contributed by atoms with E-state index in [-0.39, 0.29) is 0 Å². The van der Waals surface area contributed by atoms with Gasteiger partial charge < -0.3 is 15.1 Å². The predicted molar refractivity (Wildman–Crippen MR) is 66.0 cm³/mol. The van der Waals surface area contributed by atoms with Crippen molar-refractivity contribution < 1.29 is 0 Å². The summed E-state index contributed by atoms with van der Waals surface area (Å²) in [7, 11) is 3.99. The molecule has 1 fully saturated rings. The third-order valence-corrected chi connectivity index (χ3v) is 2.79. The van der Waals surface area contributed by atoms with E-state index in [2.05, 4.69) is 27.1 Å². The molecule has 1 aliphatic heterocycles. The number of anilines is 2. The zero-order chi connectivity index (χ0) is 11.5. The lowest BCUT2D eigenvalue weighted by molar-refractivity contribution is 0.482. The van der Waals surface area contributed by atoms with Gasteiger partial charge in [0, 0.05) is 45.8 Å². The van der Waals surface area contributed by atoms with Gasteiger partial charge in [-0.2, -0.15) is 0 Å². The Morgan fingerprint density at radius 1 is 1.44 bits per heavy atom. The molecule has 1 N–H and O–H groups in total. The highest BCUT2D eigenvalue weighted by Crippen LogP contribution is 2.16. The summed E-state index contributed by atoms with van der Waals surface area (Å²) in [4.78, 5) is 12.9. The van der Waals surface area contributed by atoms with Crippen LogP contribution in [0, 0.1) is 0 Å². The zero-order valence-corrected chi connectivity index (χ0v) is 10.1. The molecule has 16 heavy (non-hydrogen) atoms. The summed E-state index contributed by atoms with van der Waals surface area (Å²) >= 11 is 0. The molecule has 0 aromatic carbocycles. The Morgan fingerprint density at radius 3 is 2.94 bits per heavy atom. The van der Waals surface area contributed by atoms with Crippen LogP contribution in [-0.4, -0.2) is 49.7 Å². The SMILES string of the molecule is C[C@@H]1CN(c2cc(N(C)C)ncn2)CCN1. The monoisotopic (exact) mass is 221 g/mol. The van der Waals surface area contributed by atoms with Gasteiger partial charge in [0.2, 0.25) is 0 Å². The summed E-state index contributed by atoms with van der Waals surface area (Å²) in [6, 6.07) is 2.56. The van der Waals surface area contributed by atoms with Crippen LogP contribution in [-0.2, 0) is 0 Å². The molecule has 1 aromatic heterocycles. The van der Waals surface area contributed by atoms with Gasteiger partial charge in [-0.3, -0.25) is 0 Å². The van der Waals surface area contributed by atoms with Gasteiger partial charge in [0.15, 0.2) is 0 Å². The van der Waals surface area contributed by atoms with Gasteiger partial charge in [-0.15, -0.1) is 0 Å². The Balaban J connectivity index is 2.16. The van der Waals surface area contributed by atoms with Crippen LogP contribution in [0.25, 0.3) is 0 Å². The molecule has 5 nitrogen and oxygen atoms in total. The first kappa shape index (κ1) is 11.1. The molecule has 1 aliphatic rings. The highest BCUT2D eigenvalue weighted by atomic mass is 15.3. The first-order valence-corrected chi connectivity index (χ1v) is 5.64. The second-order valence-electron chi connectivity index (χ2n) is 4.43. The lowest BCUT2D eigenvalue weighted by Crippen LogP contribution is -2.49. The molecular formula is C11H19N5. The molecule has 0 saturated carbocycles. The van der Waals surface area contributed by atoms with Crippen molar-refractivity contribution in [2.24, 2.45) is 0 Å². The normalized spacial score (nSPS) is 20.9. The van der Waals surface area contributed by atoms with Crippen molar-refractivity contribution in [1.82, 2.24) is 15.3 Å². The molecule has 0 spiro atoms. The number of hydrogen-bond acceptors (Lipinski definition) is 5. The second-order valence-corrected chi connectivity index (χ2v) is 4.43. The number of hydrogen-bond donors (Lipinski definition) is 1. The van der Waals surface area contributed by atoms with Crippen molar-refractivity contribution in [3.8, 4) is 0 Å². The summed E-state index contributed by atoms with van der Waals surface area (Å²) in [6.45, 7) is 5.22. The van der Waals surface area contributed by atoms with Crippen molar-refractivity contribution >= 4 is 11.6 Å². The first-order chi connectivity index (χ1) is 7.66. The van der Waals surface area contributed by atoms with Crippen LogP contribution in [0.1, 0.15) is 6.92 Å². The minimum absolute atomic E-state index is 0.520. The molecule has 2 heterocycles. The highest BCUT2D eigenvalue weighted by Gasteiger charge is 2.17. The topological polar surface area (TPSA) is 44.3 Å². The summed E-state index contributed by atoms with van der Waals surface area (Å²) < 4.78 is 0. The van der Waals surface area contributed by atoms with Crippen LogP contribution in [0.5, 0.6) is 0 Å². The molecular weight excluding hydrogens is 202 g/mol. The Labute approximate surface area is 96.5 Å². The molecule has 88 valence electrons. The molecule has 5 heteroatoms. The van der Waals surface area contributed by atoms with Crippen LogP contribution >= 0.6 is 0 Å². The molecule has 0 radical (unpaired) electrons. The minimum atomic E-state index is 0.520. The summed E-state index contributed by atoms with van der Waals surface area (Å²) in [6.07, 6.45) is 1.64. The highest BCUT2D eigenvalue weighted by molar-refractivity contribution is 5.49. The van der Waals surface area contributed by atoms with Crippen LogP contribution in [0.2, 0.25) is 0 Å². The number of aromatic nitrogens is 2. The van der Waals surface area contributed by atoms with E-state index in [1.54, 1.807) is 6.33 Å². The van der Waals surface area contributed by atoms with E-state index in [1.807, 2.05) is 25.1 Å². The Kier molecular flexibility index (Phi) is 3.24. The van der Waals surface area contributed by atoms with Crippen LogP contribution in [0.3, 0.4) is 0 Å². The molecule has 1 aromatic rings. The van der Waals surface area contributed by atoms with E-state index >= 15 is 0 Å². The fourth-order valence-electron chi connectivity index (χ4n) is 1.90. The van der Waals surface area contributed by atoms with E-state index in [0.717, 1.165) is 31.3 Å². The lowest BCUT2D eigenvalue weighted by atomic mass is 10.2. The maximum absolute atomic E-state index is 4.34. The number of piperazine rings is 1. The van der Waals surface area contributed by atoms with Crippen molar-refractivity contribution in [2.75, 3.05) is 43.5 Å². The van der Waals surface area contributed by atoms with E-state index in [1.165, 1.54) is 0 Å². The fraction of sp³-hybridized carbons (Fsp3) is 0.636. The summed E-state index contributed by atoms with van der Waals surface area (Å²) in [5.41, 5.74) is 0. The largest absolute Gasteiger partial charge is 0.363 e. The van der Waals surface area contributed by atoms with E-state index in [0.29, 0.717) is 6.04 Å². The Hall–Kier alpha value is -1.36. The van der Waals surface area contributed by atoms with Gasteiger partial charge in [0.25, 0.3) is 0 Å². The van der Waals surface area contributed by atoms with Crippen molar-refractivity contribution in [2.45, 2.75) is 13.0 Å². The average Bonchev–Trinajstić information content (AvgIpc) is 2.29. The third kappa shape index (κ3) is 2.41. The molecule has 0 bridgehead atoms. The lowest BCUT2D eigenvalue weighted by Gasteiger charge is -2.32. The molecule has 2 rings (SSSR count). The molecule has 0 aliphatic carbocycles. The third-order valence-electron chi connectivity index (χ3n) is 2.79. The van der Waals surface area contributed by atoms with Crippen molar-refractivity contribution in [3.63, 3.8) is 0 Å². The van der Waals surface area contributed by atoms with Crippen molar-refractivity contribution in [1.29, 1.82) is 0 Å². The van der Waals surface area contributed by atoms with Gasteiger partial charge in [0.05, 0.1) is 0 Å². The molecule has 1 saturated heterocycles. The van der Waals surface area contributed by atoms with Crippen LogP contribution in [0.15, 0.2) is 12.4 Å². The maximum atomic E-state index is 4.34. The van der Waals surface area contributed by atoms with Gasteiger partial charge >= 0.3 is 0 Å². The van der Waals surface area contributed by atoms with E-state index in [4.69, 9.17) is 0 Å². The Morgan fingerprint density at radius 2 is 2.25 bits per heavy atom. The fourth-order valence-corrected chi connectivity index (χ4v) is 1.90. The predicted octanol–water partition coefficient (Wildman–Crippen LogP) is 0.341. The van der Waals surface area contributed by atoms with E-state index in [9.17, 15) is 0 Å². The van der Waals surface area contributed by atoms with Crippen LogP contribution in [0.4, 0.5) is 11.6 Å². The number of rotatable bonds is 2. The van der Waals surface area contributed by atoms with Crippen LogP contribution < -0.4 is 15.1 Å². The van der Waals surface area contributed by atoms with Gasteiger partial charge in [0.1, 0.15) is 18.0 Å². The van der Waals surface area contributed by atoms with Gasteiger partial charge in [-0.1, -0.05) is 0 Å².